The smallest absolute Gasteiger partial charge is 0.139 e. The lowest BCUT2D eigenvalue weighted by molar-refractivity contribution is -0.129. The van der Waals surface area contributed by atoms with Crippen molar-refractivity contribution >= 4 is 5.78 Å². The van der Waals surface area contributed by atoms with Crippen LogP contribution < -0.4 is 10.5 Å². The molecule has 0 aliphatic heterocycles. The third-order valence-corrected chi connectivity index (χ3v) is 7.74. The number of benzene rings is 1. The number of hydrogen-bond acceptors (Lipinski definition) is 3. The molecule has 3 nitrogen and oxygen atoms in total. The summed E-state index contributed by atoms with van der Waals surface area (Å²) in [5.74, 6) is 3.52. The van der Waals surface area contributed by atoms with Crippen LogP contribution in [0.3, 0.4) is 0 Å². The van der Waals surface area contributed by atoms with Crippen molar-refractivity contribution in [3.63, 3.8) is 0 Å². The Kier molecular flexibility index (Phi) is 4.85. The SMILES string of the molecule is COc1cc2c(cc1CCCCN)[C@H]1CC[C@]3(C)C(=O)CC[C@H]3[C@@H]1CC2. The zero-order chi connectivity index (χ0) is 18.3. The summed E-state index contributed by atoms with van der Waals surface area (Å²) in [6, 6.07) is 4.75. The Bertz CT molecular complexity index is 698. The van der Waals surface area contributed by atoms with Gasteiger partial charge in [0.1, 0.15) is 11.5 Å². The summed E-state index contributed by atoms with van der Waals surface area (Å²) in [5, 5.41) is 0. The van der Waals surface area contributed by atoms with Crippen LogP contribution in [0.15, 0.2) is 12.1 Å². The summed E-state index contributed by atoms with van der Waals surface area (Å²) in [6.45, 7) is 3.01. The number of methoxy groups -OCH3 is 1. The third kappa shape index (κ3) is 2.79. The van der Waals surface area contributed by atoms with Crippen molar-refractivity contribution in [3.8, 4) is 5.75 Å². The van der Waals surface area contributed by atoms with Crippen LogP contribution in [0.2, 0.25) is 0 Å². The van der Waals surface area contributed by atoms with E-state index in [1.165, 1.54) is 24.0 Å². The number of Topliss-reactive ketones (excluding diaryl/α,β-unsaturated/α-hetero) is 1. The van der Waals surface area contributed by atoms with E-state index in [-0.39, 0.29) is 5.41 Å². The zero-order valence-corrected chi connectivity index (χ0v) is 16.4. The number of unbranched alkanes of at least 4 members (excludes halogenated alkanes) is 1. The van der Waals surface area contributed by atoms with Gasteiger partial charge in [0.25, 0.3) is 0 Å². The highest BCUT2D eigenvalue weighted by Gasteiger charge is 2.54. The van der Waals surface area contributed by atoms with E-state index in [2.05, 4.69) is 19.1 Å². The van der Waals surface area contributed by atoms with Gasteiger partial charge in [0.2, 0.25) is 0 Å². The Labute approximate surface area is 157 Å². The number of rotatable bonds is 5. The summed E-state index contributed by atoms with van der Waals surface area (Å²) in [4.78, 5) is 12.5. The maximum Gasteiger partial charge on any atom is 0.139 e. The van der Waals surface area contributed by atoms with Crippen molar-refractivity contribution in [3.05, 3.63) is 28.8 Å². The van der Waals surface area contributed by atoms with E-state index in [0.717, 1.165) is 57.2 Å². The quantitative estimate of drug-likeness (QED) is 0.796. The molecule has 3 aliphatic carbocycles. The van der Waals surface area contributed by atoms with Gasteiger partial charge in [-0.05, 0) is 98.4 Å². The maximum atomic E-state index is 12.5. The number of carbonyl (C=O) groups excluding carboxylic acids is 1. The van der Waals surface area contributed by atoms with Crippen LogP contribution in [-0.2, 0) is 17.6 Å². The van der Waals surface area contributed by atoms with Gasteiger partial charge in [-0.2, -0.15) is 0 Å². The second-order valence-electron chi connectivity index (χ2n) is 8.94. The second kappa shape index (κ2) is 6.99. The lowest BCUT2D eigenvalue weighted by Gasteiger charge is -2.48. The number of ether oxygens (including phenoxy) is 1. The first-order valence-electron chi connectivity index (χ1n) is 10.5. The normalized spacial score (nSPS) is 32.7. The minimum absolute atomic E-state index is 0.0326. The summed E-state index contributed by atoms with van der Waals surface area (Å²) >= 11 is 0. The average Bonchev–Trinajstić information content (AvgIpc) is 2.96. The predicted molar refractivity (Wildman–Crippen MR) is 105 cm³/mol. The van der Waals surface area contributed by atoms with Crippen LogP contribution in [0.4, 0.5) is 0 Å². The first kappa shape index (κ1) is 18.0. The van der Waals surface area contributed by atoms with Crippen molar-refractivity contribution < 1.29 is 9.53 Å². The van der Waals surface area contributed by atoms with E-state index in [0.29, 0.717) is 23.5 Å². The molecule has 3 aliphatic rings. The molecule has 0 amide bonds. The predicted octanol–water partition coefficient (Wildman–Crippen LogP) is 4.40. The van der Waals surface area contributed by atoms with Gasteiger partial charge in [-0.15, -0.1) is 0 Å². The Hall–Kier alpha value is -1.35. The molecular weight excluding hydrogens is 322 g/mol. The molecule has 3 heteroatoms. The first-order valence-corrected chi connectivity index (χ1v) is 10.5. The summed E-state index contributed by atoms with van der Waals surface area (Å²) in [6.07, 6.45) is 9.78. The number of ketones is 1. The van der Waals surface area contributed by atoms with Crippen molar-refractivity contribution in [2.75, 3.05) is 13.7 Å². The molecular formula is C23H33NO2. The molecule has 0 unspecified atom stereocenters. The molecule has 2 saturated carbocycles. The average molecular weight is 356 g/mol. The Balaban J connectivity index is 1.65. The van der Waals surface area contributed by atoms with E-state index in [9.17, 15) is 4.79 Å². The van der Waals surface area contributed by atoms with Crippen LogP contribution in [0.25, 0.3) is 0 Å². The number of hydrogen-bond donors (Lipinski definition) is 1. The molecule has 0 heterocycles. The van der Waals surface area contributed by atoms with Crippen molar-refractivity contribution in [2.24, 2.45) is 23.0 Å². The summed E-state index contributed by atoms with van der Waals surface area (Å²) in [7, 11) is 1.79. The lowest BCUT2D eigenvalue weighted by Crippen LogP contribution is -2.42. The topological polar surface area (TPSA) is 52.3 Å². The van der Waals surface area contributed by atoms with Gasteiger partial charge in [-0.1, -0.05) is 13.0 Å². The second-order valence-corrected chi connectivity index (χ2v) is 8.94. The molecule has 1 aromatic rings. The molecule has 2 N–H and O–H groups in total. The fraction of sp³-hybridized carbons (Fsp3) is 0.696. The highest BCUT2D eigenvalue weighted by molar-refractivity contribution is 5.87. The Morgan fingerprint density at radius 3 is 2.81 bits per heavy atom. The van der Waals surface area contributed by atoms with Gasteiger partial charge in [0.05, 0.1) is 7.11 Å². The number of carbonyl (C=O) groups is 1. The van der Waals surface area contributed by atoms with Crippen molar-refractivity contribution in [1.29, 1.82) is 0 Å². The van der Waals surface area contributed by atoms with Gasteiger partial charge in [-0.3, -0.25) is 4.79 Å². The number of aryl methyl sites for hydroxylation is 2. The minimum atomic E-state index is -0.0326. The van der Waals surface area contributed by atoms with Crippen molar-refractivity contribution in [2.45, 2.75) is 70.6 Å². The fourth-order valence-electron chi connectivity index (χ4n) is 6.26. The molecule has 0 spiro atoms. The maximum absolute atomic E-state index is 12.5. The summed E-state index contributed by atoms with van der Waals surface area (Å²) in [5.41, 5.74) is 10.0. The highest BCUT2D eigenvalue weighted by Crippen LogP contribution is 2.59. The van der Waals surface area contributed by atoms with Crippen LogP contribution in [-0.4, -0.2) is 19.4 Å². The van der Waals surface area contributed by atoms with E-state index in [4.69, 9.17) is 10.5 Å². The van der Waals surface area contributed by atoms with Crippen LogP contribution in [0, 0.1) is 17.3 Å². The van der Waals surface area contributed by atoms with E-state index in [1.54, 1.807) is 12.7 Å². The standard InChI is InChI=1S/C23H33NO2/c1-23-11-10-17-18(20(23)8-9-22(23)25)7-6-15-14-21(26-2)16(13-19(15)17)5-3-4-12-24/h13-14,17-18,20H,3-12,24H2,1-2H3/t17-,18+,20-,23-/m0/s1. The molecule has 4 atom stereocenters. The zero-order valence-electron chi connectivity index (χ0n) is 16.4. The van der Waals surface area contributed by atoms with E-state index in [1.807, 2.05) is 0 Å². The highest BCUT2D eigenvalue weighted by atomic mass is 16.5. The van der Waals surface area contributed by atoms with Crippen LogP contribution >= 0.6 is 0 Å². The first-order chi connectivity index (χ1) is 12.6. The third-order valence-electron chi connectivity index (χ3n) is 7.74. The number of fused-ring (bicyclic) bond motifs is 5. The van der Waals surface area contributed by atoms with Gasteiger partial charge >= 0.3 is 0 Å². The molecule has 0 saturated heterocycles. The van der Waals surface area contributed by atoms with Crippen LogP contribution in [0.1, 0.15) is 74.5 Å². The molecule has 0 aromatic heterocycles. The largest absolute Gasteiger partial charge is 0.496 e. The van der Waals surface area contributed by atoms with Crippen LogP contribution in [0.5, 0.6) is 5.75 Å². The Morgan fingerprint density at radius 1 is 1.19 bits per heavy atom. The van der Waals surface area contributed by atoms with E-state index >= 15 is 0 Å². The molecule has 4 rings (SSSR count). The van der Waals surface area contributed by atoms with Gasteiger partial charge in [0.15, 0.2) is 0 Å². The molecule has 26 heavy (non-hydrogen) atoms. The van der Waals surface area contributed by atoms with Gasteiger partial charge in [-0.25, -0.2) is 0 Å². The van der Waals surface area contributed by atoms with Gasteiger partial charge in [0, 0.05) is 11.8 Å². The Morgan fingerprint density at radius 2 is 2.04 bits per heavy atom. The van der Waals surface area contributed by atoms with Crippen molar-refractivity contribution in [1.82, 2.24) is 0 Å². The molecule has 2 fully saturated rings. The monoisotopic (exact) mass is 355 g/mol. The molecule has 142 valence electrons. The fourth-order valence-corrected chi connectivity index (χ4v) is 6.26. The summed E-state index contributed by atoms with van der Waals surface area (Å²) < 4.78 is 5.70. The molecule has 0 radical (unpaired) electrons. The molecule has 0 bridgehead atoms. The minimum Gasteiger partial charge on any atom is -0.496 e. The van der Waals surface area contributed by atoms with E-state index < -0.39 is 0 Å². The number of nitrogens with two attached hydrogens (primary N) is 1. The lowest BCUT2D eigenvalue weighted by atomic mass is 9.55. The molecule has 1 aromatic carbocycles. The van der Waals surface area contributed by atoms with Gasteiger partial charge < -0.3 is 10.5 Å².